The smallest absolute Gasteiger partial charge is 0.0749 e. The van der Waals surface area contributed by atoms with Crippen molar-refractivity contribution in [1.29, 1.82) is 0 Å². The molecule has 1 aliphatic heterocycles. The number of hydrogen-bond donors (Lipinski definition) is 0. The summed E-state index contributed by atoms with van der Waals surface area (Å²) in [6.45, 7) is 0.811. The molecule has 2 heteroatoms. The third kappa shape index (κ3) is 3.50. The fourth-order valence-electron chi connectivity index (χ4n) is 4.83. The fraction of sp³-hybridized carbons (Fsp3) is 0.0645. The molecule has 158 valence electrons. The molecule has 0 fully saturated rings. The van der Waals surface area contributed by atoms with E-state index in [1.807, 2.05) is 0 Å². The summed E-state index contributed by atoms with van der Waals surface area (Å²) in [4.78, 5) is 7.46. The van der Waals surface area contributed by atoms with Crippen molar-refractivity contribution in [1.82, 2.24) is 0 Å². The minimum Gasteiger partial charge on any atom is -0.310 e. The first-order chi connectivity index (χ1) is 16.4. The fourth-order valence-corrected chi connectivity index (χ4v) is 4.83. The van der Waals surface area contributed by atoms with Crippen LogP contribution in [-0.4, -0.2) is 12.3 Å². The first kappa shape index (κ1) is 19.5. The zero-order valence-electron chi connectivity index (χ0n) is 18.4. The van der Waals surface area contributed by atoms with Gasteiger partial charge in [-0.05, 0) is 53.1 Å². The lowest BCUT2D eigenvalue weighted by Crippen LogP contribution is -2.19. The van der Waals surface area contributed by atoms with Crippen LogP contribution in [0.1, 0.15) is 16.7 Å². The predicted octanol–water partition coefficient (Wildman–Crippen LogP) is 7.70. The molecule has 1 aliphatic rings. The van der Waals surface area contributed by atoms with Gasteiger partial charge in [0, 0.05) is 29.0 Å². The van der Waals surface area contributed by atoms with Gasteiger partial charge in [0.05, 0.1) is 11.4 Å². The van der Waals surface area contributed by atoms with E-state index in [-0.39, 0.29) is 0 Å². The van der Waals surface area contributed by atoms with Gasteiger partial charge in [0.25, 0.3) is 0 Å². The molecule has 0 aliphatic carbocycles. The number of para-hydroxylation sites is 2. The summed E-state index contributed by atoms with van der Waals surface area (Å²) in [7, 11) is 0. The lowest BCUT2D eigenvalue weighted by atomic mass is 9.89. The maximum atomic E-state index is 5.11. The van der Waals surface area contributed by atoms with Gasteiger partial charge >= 0.3 is 0 Å². The Balaban J connectivity index is 1.68. The van der Waals surface area contributed by atoms with E-state index in [2.05, 4.69) is 126 Å². The molecule has 0 spiro atoms. The lowest BCUT2D eigenvalue weighted by Gasteiger charge is -2.30. The molecule has 0 bridgehead atoms. The monoisotopic (exact) mass is 424 g/mol. The molecule has 6 rings (SSSR count). The van der Waals surface area contributed by atoms with Crippen LogP contribution in [0.25, 0.3) is 10.8 Å². The molecule has 1 heterocycles. The van der Waals surface area contributed by atoms with Crippen molar-refractivity contribution in [3.63, 3.8) is 0 Å². The van der Waals surface area contributed by atoms with E-state index in [0.29, 0.717) is 0 Å². The van der Waals surface area contributed by atoms with Crippen LogP contribution in [0.5, 0.6) is 0 Å². The minimum atomic E-state index is 0.811. The summed E-state index contributed by atoms with van der Waals surface area (Å²) >= 11 is 0. The molecular weight excluding hydrogens is 400 g/mol. The van der Waals surface area contributed by atoms with E-state index >= 15 is 0 Å². The second-order valence-corrected chi connectivity index (χ2v) is 8.32. The molecule has 0 aromatic heterocycles. The molecule has 0 atom stereocenters. The van der Waals surface area contributed by atoms with Crippen LogP contribution in [0.15, 0.2) is 126 Å². The third-order valence-corrected chi connectivity index (χ3v) is 6.34. The van der Waals surface area contributed by atoms with E-state index in [4.69, 9.17) is 4.99 Å². The standard InChI is InChI=1S/C31H24N2/c1-3-13-25(14-4-1)33(26-15-5-2-6-16-26)29-20-19-23-11-7-9-17-27(23)30(29)31-28-18-10-8-12-24(28)21-22-32-31/h1-20H,21-22H2. The van der Waals surface area contributed by atoms with E-state index in [0.717, 1.165) is 35.7 Å². The van der Waals surface area contributed by atoms with Crippen molar-refractivity contribution in [3.05, 3.63) is 138 Å². The maximum Gasteiger partial charge on any atom is 0.0749 e. The number of aliphatic imine (C=N–C) groups is 1. The highest BCUT2D eigenvalue weighted by Crippen LogP contribution is 2.41. The van der Waals surface area contributed by atoms with Gasteiger partial charge in [-0.1, -0.05) is 91.0 Å². The number of rotatable bonds is 4. The molecule has 33 heavy (non-hydrogen) atoms. The van der Waals surface area contributed by atoms with Gasteiger partial charge in [-0.2, -0.15) is 0 Å². The van der Waals surface area contributed by atoms with Gasteiger partial charge in [0.1, 0.15) is 0 Å². The van der Waals surface area contributed by atoms with E-state index in [1.54, 1.807) is 0 Å². The third-order valence-electron chi connectivity index (χ3n) is 6.34. The Morgan fingerprint density at radius 1 is 0.576 bits per heavy atom. The number of benzene rings is 5. The first-order valence-corrected chi connectivity index (χ1v) is 11.5. The van der Waals surface area contributed by atoms with Crippen LogP contribution in [-0.2, 0) is 6.42 Å². The van der Waals surface area contributed by atoms with Crippen LogP contribution in [0.2, 0.25) is 0 Å². The van der Waals surface area contributed by atoms with Crippen molar-refractivity contribution in [2.45, 2.75) is 6.42 Å². The van der Waals surface area contributed by atoms with Crippen LogP contribution in [0.3, 0.4) is 0 Å². The molecular formula is C31H24N2. The van der Waals surface area contributed by atoms with Crippen molar-refractivity contribution < 1.29 is 0 Å². The molecule has 2 nitrogen and oxygen atoms in total. The predicted molar refractivity (Wildman–Crippen MR) is 139 cm³/mol. The molecule has 0 saturated carbocycles. The van der Waals surface area contributed by atoms with Gasteiger partial charge in [0.15, 0.2) is 0 Å². The Kier molecular flexibility index (Phi) is 4.97. The van der Waals surface area contributed by atoms with Gasteiger partial charge in [0.2, 0.25) is 0 Å². The van der Waals surface area contributed by atoms with Crippen LogP contribution in [0, 0.1) is 0 Å². The quantitative estimate of drug-likeness (QED) is 0.288. The average molecular weight is 425 g/mol. The summed E-state index contributed by atoms with van der Waals surface area (Å²) in [5.41, 5.74) is 8.28. The Labute approximate surface area is 194 Å². The van der Waals surface area contributed by atoms with Crippen molar-refractivity contribution in [2.24, 2.45) is 4.99 Å². The molecule has 0 saturated heterocycles. The minimum absolute atomic E-state index is 0.811. The highest BCUT2D eigenvalue weighted by molar-refractivity contribution is 6.24. The highest BCUT2D eigenvalue weighted by Gasteiger charge is 2.24. The maximum absolute atomic E-state index is 5.11. The second kappa shape index (κ2) is 8.40. The van der Waals surface area contributed by atoms with Gasteiger partial charge in [-0.25, -0.2) is 0 Å². The second-order valence-electron chi connectivity index (χ2n) is 8.32. The van der Waals surface area contributed by atoms with E-state index < -0.39 is 0 Å². The van der Waals surface area contributed by atoms with Crippen LogP contribution in [0.4, 0.5) is 17.1 Å². The van der Waals surface area contributed by atoms with Crippen molar-refractivity contribution in [2.75, 3.05) is 11.4 Å². The summed E-state index contributed by atoms with van der Waals surface area (Å²) in [5, 5.41) is 2.45. The topological polar surface area (TPSA) is 15.6 Å². The lowest BCUT2D eigenvalue weighted by molar-refractivity contribution is 0.944. The number of fused-ring (bicyclic) bond motifs is 2. The van der Waals surface area contributed by atoms with Gasteiger partial charge in [-0.15, -0.1) is 0 Å². The van der Waals surface area contributed by atoms with Gasteiger partial charge in [-0.3, -0.25) is 4.99 Å². The average Bonchev–Trinajstić information content (AvgIpc) is 2.90. The molecule has 0 unspecified atom stereocenters. The number of anilines is 3. The molecule has 0 amide bonds. The summed E-state index contributed by atoms with van der Waals surface area (Å²) in [6.07, 6.45) is 0.987. The summed E-state index contributed by atoms with van der Waals surface area (Å²) in [6, 6.07) is 43.0. The number of nitrogens with zero attached hydrogens (tertiary/aromatic N) is 2. The normalized spacial score (nSPS) is 12.8. The first-order valence-electron chi connectivity index (χ1n) is 11.5. The Morgan fingerprint density at radius 3 is 1.97 bits per heavy atom. The Bertz CT molecular complexity index is 1410. The van der Waals surface area contributed by atoms with E-state index in [9.17, 15) is 0 Å². The van der Waals surface area contributed by atoms with Crippen molar-refractivity contribution >= 4 is 33.5 Å². The highest BCUT2D eigenvalue weighted by atomic mass is 15.1. The molecule has 0 radical (unpaired) electrons. The molecule has 5 aromatic carbocycles. The summed E-state index contributed by atoms with van der Waals surface area (Å²) in [5.74, 6) is 0. The van der Waals surface area contributed by atoms with Crippen LogP contribution >= 0.6 is 0 Å². The SMILES string of the molecule is c1ccc(N(c2ccccc2)c2ccc3ccccc3c2C2=NCCc3ccccc32)cc1. The number of hydrogen-bond acceptors (Lipinski definition) is 2. The zero-order chi connectivity index (χ0) is 22.0. The van der Waals surface area contributed by atoms with Gasteiger partial charge < -0.3 is 4.90 Å². The molecule has 5 aromatic rings. The van der Waals surface area contributed by atoms with Crippen molar-refractivity contribution in [3.8, 4) is 0 Å². The van der Waals surface area contributed by atoms with E-state index in [1.165, 1.54) is 27.5 Å². The molecule has 0 N–H and O–H groups in total. The Hall–Kier alpha value is -4.17. The largest absolute Gasteiger partial charge is 0.310 e. The Morgan fingerprint density at radius 2 is 1.21 bits per heavy atom. The summed E-state index contributed by atoms with van der Waals surface area (Å²) < 4.78 is 0. The van der Waals surface area contributed by atoms with Crippen LogP contribution < -0.4 is 4.90 Å². The zero-order valence-corrected chi connectivity index (χ0v) is 18.4.